The van der Waals surface area contributed by atoms with Crippen molar-refractivity contribution >= 4 is 16.9 Å². The van der Waals surface area contributed by atoms with Crippen LogP contribution in [0.4, 0.5) is 0 Å². The molecule has 1 amide bonds. The summed E-state index contributed by atoms with van der Waals surface area (Å²) < 4.78 is 1.96. The number of nitrogens with two attached hydrogens (primary N) is 1. The number of aromatic nitrogens is 3. The van der Waals surface area contributed by atoms with Crippen LogP contribution in [0.25, 0.3) is 11.0 Å². The monoisotopic (exact) mass is 357 g/mol. The summed E-state index contributed by atoms with van der Waals surface area (Å²) >= 11 is 0. The molecule has 0 saturated carbocycles. The standard InChI is InChI=1S/C20H31N5O/c1-13(2)25-20-18(12-22-25)14(3)17(15(4)23-20)8-9-19(26)24-10-6-5-7-16(24)11-21/h12-13,16H,5-11,21H2,1-4H3. The Labute approximate surface area is 155 Å². The molecule has 2 N–H and O–H groups in total. The van der Waals surface area contributed by atoms with Crippen LogP contribution in [-0.4, -0.2) is 44.7 Å². The number of carbonyl (C=O) groups excluding carboxylic acids is 1. The van der Waals surface area contributed by atoms with Crippen LogP contribution in [0.5, 0.6) is 0 Å². The lowest BCUT2D eigenvalue weighted by Gasteiger charge is -2.35. The summed E-state index contributed by atoms with van der Waals surface area (Å²) in [5.41, 5.74) is 10.2. The molecular formula is C20H31N5O. The van der Waals surface area contributed by atoms with Crippen molar-refractivity contribution in [3.63, 3.8) is 0 Å². The zero-order valence-corrected chi connectivity index (χ0v) is 16.5. The van der Waals surface area contributed by atoms with Gasteiger partial charge in [-0.1, -0.05) is 0 Å². The van der Waals surface area contributed by atoms with Crippen molar-refractivity contribution in [2.75, 3.05) is 13.1 Å². The minimum absolute atomic E-state index is 0.211. The third-order valence-corrected chi connectivity index (χ3v) is 5.63. The van der Waals surface area contributed by atoms with Gasteiger partial charge in [0.1, 0.15) is 0 Å². The van der Waals surface area contributed by atoms with Crippen LogP contribution >= 0.6 is 0 Å². The molecule has 142 valence electrons. The lowest BCUT2D eigenvalue weighted by Crippen LogP contribution is -2.47. The highest BCUT2D eigenvalue weighted by atomic mass is 16.2. The first-order valence-electron chi connectivity index (χ1n) is 9.76. The molecule has 0 bridgehead atoms. The largest absolute Gasteiger partial charge is 0.338 e. The van der Waals surface area contributed by atoms with Crippen LogP contribution in [0.3, 0.4) is 0 Å². The van der Waals surface area contributed by atoms with E-state index in [9.17, 15) is 4.79 Å². The molecule has 2 aromatic heterocycles. The molecule has 6 nitrogen and oxygen atoms in total. The molecule has 1 aliphatic heterocycles. The summed E-state index contributed by atoms with van der Waals surface area (Å²) in [4.78, 5) is 19.5. The lowest BCUT2D eigenvalue weighted by atomic mass is 9.98. The van der Waals surface area contributed by atoms with E-state index < -0.39 is 0 Å². The van der Waals surface area contributed by atoms with E-state index in [0.717, 1.165) is 42.5 Å². The van der Waals surface area contributed by atoms with Crippen LogP contribution < -0.4 is 5.73 Å². The van der Waals surface area contributed by atoms with Crippen LogP contribution in [0.15, 0.2) is 6.20 Å². The van der Waals surface area contributed by atoms with Gasteiger partial charge in [-0.15, -0.1) is 0 Å². The van der Waals surface area contributed by atoms with Gasteiger partial charge in [-0.2, -0.15) is 5.10 Å². The zero-order valence-electron chi connectivity index (χ0n) is 16.5. The molecule has 1 saturated heterocycles. The maximum absolute atomic E-state index is 12.8. The molecule has 1 atom stereocenters. The first-order valence-corrected chi connectivity index (χ1v) is 9.76. The Morgan fingerprint density at radius 2 is 2.12 bits per heavy atom. The van der Waals surface area contributed by atoms with E-state index in [1.807, 2.05) is 22.7 Å². The smallest absolute Gasteiger partial charge is 0.223 e. The Hall–Kier alpha value is -1.95. The zero-order chi connectivity index (χ0) is 18.8. The average molecular weight is 358 g/mol. The fraction of sp³-hybridized carbons (Fsp3) is 0.650. The number of hydrogen-bond acceptors (Lipinski definition) is 4. The molecule has 1 fully saturated rings. The van der Waals surface area contributed by atoms with E-state index in [0.29, 0.717) is 13.0 Å². The maximum atomic E-state index is 12.8. The second-order valence-corrected chi connectivity index (χ2v) is 7.69. The van der Waals surface area contributed by atoms with E-state index in [2.05, 4.69) is 25.9 Å². The Morgan fingerprint density at radius 1 is 1.35 bits per heavy atom. The van der Waals surface area contributed by atoms with Gasteiger partial charge in [0, 0.05) is 42.7 Å². The number of amides is 1. The van der Waals surface area contributed by atoms with E-state index in [1.54, 1.807) is 0 Å². The van der Waals surface area contributed by atoms with E-state index in [-0.39, 0.29) is 18.0 Å². The van der Waals surface area contributed by atoms with Crippen molar-refractivity contribution in [1.29, 1.82) is 0 Å². The van der Waals surface area contributed by atoms with E-state index >= 15 is 0 Å². The fourth-order valence-corrected chi connectivity index (χ4v) is 4.09. The SMILES string of the molecule is Cc1nc2c(cnn2C(C)C)c(C)c1CCC(=O)N1CCCCC1CN. The fourth-order valence-electron chi connectivity index (χ4n) is 4.09. The molecule has 3 rings (SSSR count). The van der Waals surface area contributed by atoms with Gasteiger partial charge in [0.05, 0.1) is 6.20 Å². The van der Waals surface area contributed by atoms with E-state index in [4.69, 9.17) is 10.7 Å². The van der Waals surface area contributed by atoms with Gasteiger partial charge in [-0.25, -0.2) is 9.67 Å². The second kappa shape index (κ2) is 7.74. The van der Waals surface area contributed by atoms with Crippen LogP contribution in [0.1, 0.15) is 62.4 Å². The Balaban J connectivity index is 1.79. The van der Waals surface area contributed by atoms with Crippen LogP contribution in [0.2, 0.25) is 0 Å². The molecule has 0 aliphatic carbocycles. The number of hydrogen-bond donors (Lipinski definition) is 1. The molecule has 1 aliphatic rings. The molecule has 3 heterocycles. The molecule has 1 unspecified atom stereocenters. The number of carbonyl (C=O) groups is 1. The molecule has 0 aromatic carbocycles. The number of rotatable bonds is 5. The van der Waals surface area contributed by atoms with Crippen LogP contribution in [0, 0.1) is 13.8 Å². The first-order chi connectivity index (χ1) is 12.4. The van der Waals surface area contributed by atoms with Crippen molar-refractivity contribution in [3.05, 3.63) is 23.0 Å². The van der Waals surface area contributed by atoms with Gasteiger partial charge in [0.15, 0.2) is 5.65 Å². The summed E-state index contributed by atoms with van der Waals surface area (Å²) in [6.07, 6.45) is 6.43. The number of likely N-dealkylation sites (tertiary alicyclic amines) is 1. The number of nitrogens with zero attached hydrogens (tertiary/aromatic N) is 4. The molecule has 2 aromatic rings. The van der Waals surface area contributed by atoms with Gasteiger partial charge in [0.25, 0.3) is 0 Å². The van der Waals surface area contributed by atoms with Gasteiger partial charge in [-0.3, -0.25) is 4.79 Å². The molecular weight excluding hydrogens is 326 g/mol. The minimum atomic E-state index is 0.211. The van der Waals surface area contributed by atoms with Gasteiger partial charge >= 0.3 is 0 Å². The number of aryl methyl sites for hydroxylation is 2. The maximum Gasteiger partial charge on any atom is 0.223 e. The minimum Gasteiger partial charge on any atom is -0.338 e. The van der Waals surface area contributed by atoms with Crippen molar-refractivity contribution in [1.82, 2.24) is 19.7 Å². The highest BCUT2D eigenvalue weighted by Gasteiger charge is 2.25. The summed E-state index contributed by atoms with van der Waals surface area (Å²) in [5.74, 6) is 0.219. The van der Waals surface area contributed by atoms with Crippen molar-refractivity contribution in [3.8, 4) is 0 Å². The third kappa shape index (κ3) is 3.47. The van der Waals surface area contributed by atoms with E-state index in [1.165, 1.54) is 17.5 Å². The first kappa shape index (κ1) is 18.8. The summed E-state index contributed by atoms with van der Waals surface area (Å²) in [5, 5.41) is 5.58. The number of piperidine rings is 1. The van der Waals surface area contributed by atoms with Gasteiger partial charge in [0.2, 0.25) is 5.91 Å². The number of fused-ring (bicyclic) bond motifs is 1. The highest BCUT2D eigenvalue weighted by molar-refractivity contribution is 5.81. The normalized spacial score (nSPS) is 18.1. The molecule has 0 spiro atoms. The quantitative estimate of drug-likeness (QED) is 0.892. The highest BCUT2D eigenvalue weighted by Crippen LogP contribution is 2.26. The van der Waals surface area contributed by atoms with Crippen molar-refractivity contribution in [2.45, 2.75) is 71.9 Å². The Bertz CT molecular complexity index is 795. The predicted octanol–water partition coefficient (Wildman–Crippen LogP) is 2.90. The molecule has 6 heteroatoms. The average Bonchev–Trinajstić information content (AvgIpc) is 3.05. The van der Waals surface area contributed by atoms with Gasteiger partial charge in [-0.05, 0) is 64.5 Å². The third-order valence-electron chi connectivity index (χ3n) is 5.63. The van der Waals surface area contributed by atoms with Gasteiger partial charge < -0.3 is 10.6 Å². The summed E-state index contributed by atoms with van der Waals surface area (Å²) in [6.45, 7) is 9.78. The van der Waals surface area contributed by atoms with Crippen LogP contribution in [-0.2, 0) is 11.2 Å². The lowest BCUT2D eigenvalue weighted by molar-refractivity contribution is -0.134. The van der Waals surface area contributed by atoms with Crippen molar-refractivity contribution in [2.24, 2.45) is 5.73 Å². The summed E-state index contributed by atoms with van der Waals surface area (Å²) in [6, 6.07) is 0.488. The Kier molecular flexibility index (Phi) is 5.61. The predicted molar refractivity (Wildman–Crippen MR) is 104 cm³/mol. The summed E-state index contributed by atoms with van der Waals surface area (Å²) in [7, 11) is 0. The second-order valence-electron chi connectivity index (χ2n) is 7.69. The van der Waals surface area contributed by atoms with Crippen molar-refractivity contribution < 1.29 is 4.79 Å². The topological polar surface area (TPSA) is 77.0 Å². The molecule has 26 heavy (non-hydrogen) atoms. The number of pyridine rings is 1. The molecule has 0 radical (unpaired) electrons. The Morgan fingerprint density at radius 3 is 2.81 bits per heavy atom.